The van der Waals surface area contributed by atoms with Crippen LogP contribution in [0.4, 0.5) is 0 Å². The fourth-order valence-corrected chi connectivity index (χ4v) is 4.31. The molecule has 0 amide bonds. The number of aromatic nitrogens is 1. The molecule has 5 heteroatoms. The van der Waals surface area contributed by atoms with E-state index >= 15 is 0 Å². The van der Waals surface area contributed by atoms with E-state index in [9.17, 15) is 4.79 Å². The fraction of sp³-hybridized carbons (Fsp3) is 0.364. The number of rotatable bonds is 4. The number of fused-ring (bicyclic) bond motifs is 2. The number of esters is 1. The molecule has 2 fully saturated rings. The Hall–Kier alpha value is -2.17. The normalized spacial score (nSPS) is 25.4. The zero-order valence-electron chi connectivity index (χ0n) is 15.3. The maximum absolute atomic E-state index is 13.1. The van der Waals surface area contributed by atoms with E-state index in [-0.39, 0.29) is 12.1 Å². The number of hydrogen-bond acceptors (Lipinski definition) is 4. The van der Waals surface area contributed by atoms with Crippen molar-refractivity contribution in [1.82, 2.24) is 9.88 Å². The highest BCUT2D eigenvalue weighted by Crippen LogP contribution is 2.36. The van der Waals surface area contributed by atoms with Crippen molar-refractivity contribution in [2.24, 2.45) is 0 Å². The highest BCUT2D eigenvalue weighted by atomic mass is 35.5. The van der Waals surface area contributed by atoms with E-state index in [0.717, 1.165) is 24.0 Å². The molecule has 2 saturated heterocycles. The van der Waals surface area contributed by atoms with Crippen LogP contribution in [0.15, 0.2) is 48.8 Å². The van der Waals surface area contributed by atoms with E-state index in [2.05, 4.69) is 16.9 Å². The van der Waals surface area contributed by atoms with Crippen LogP contribution in [0.5, 0.6) is 0 Å². The lowest BCUT2D eigenvalue weighted by molar-refractivity contribution is -0.144. The van der Waals surface area contributed by atoms with Gasteiger partial charge in [-0.2, -0.15) is 0 Å². The highest BCUT2D eigenvalue weighted by Gasteiger charge is 2.40. The van der Waals surface area contributed by atoms with Gasteiger partial charge in [0.2, 0.25) is 0 Å². The van der Waals surface area contributed by atoms with Crippen LogP contribution in [0.3, 0.4) is 0 Å². The number of piperidine rings is 1. The first-order valence-corrected chi connectivity index (χ1v) is 9.78. The second kappa shape index (κ2) is 7.83. The van der Waals surface area contributed by atoms with Gasteiger partial charge >= 0.3 is 5.97 Å². The second-order valence-electron chi connectivity index (χ2n) is 7.39. The molecular formula is C22H23ClN2O2. The van der Waals surface area contributed by atoms with Crippen LogP contribution in [-0.2, 0) is 9.53 Å². The lowest BCUT2D eigenvalue weighted by Crippen LogP contribution is -2.43. The first kappa shape index (κ1) is 18.2. The number of ether oxygens (including phenoxy) is 1. The Kier molecular flexibility index (Phi) is 5.28. The van der Waals surface area contributed by atoms with Crippen molar-refractivity contribution in [1.29, 1.82) is 0 Å². The molecule has 0 N–H and O–H groups in total. The molecule has 0 aliphatic carbocycles. The number of carbonyl (C=O) groups excluding carboxylic acids is 1. The molecule has 2 bridgehead atoms. The third-order valence-electron chi connectivity index (χ3n) is 5.72. The molecule has 1 aromatic heterocycles. The van der Waals surface area contributed by atoms with Gasteiger partial charge in [0.1, 0.15) is 6.10 Å². The van der Waals surface area contributed by atoms with Crippen LogP contribution < -0.4 is 0 Å². The summed E-state index contributed by atoms with van der Waals surface area (Å²) in [6, 6.07) is 12.1. The average molecular weight is 383 g/mol. The average Bonchev–Trinajstić information content (AvgIpc) is 2.89. The predicted molar refractivity (Wildman–Crippen MR) is 107 cm³/mol. The molecule has 0 saturated carbocycles. The zero-order chi connectivity index (χ0) is 18.8. The molecule has 2 aliphatic heterocycles. The summed E-state index contributed by atoms with van der Waals surface area (Å²) < 4.78 is 5.96. The molecule has 3 atom stereocenters. The van der Waals surface area contributed by atoms with E-state index in [4.69, 9.17) is 16.3 Å². The summed E-state index contributed by atoms with van der Waals surface area (Å²) in [6.45, 7) is 0. The summed E-state index contributed by atoms with van der Waals surface area (Å²) in [4.78, 5) is 19.5. The van der Waals surface area contributed by atoms with E-state index in [1.807, 2.05) is 30.3 Å². The monoisotopic (exact) mass is 382 g/mol. The third-order valence-corrected chi connectivity index (χ3v) is 5.97. The van der Waals surface area contributed by atoms with E-state index in [1.54, 1.807) is 24.5 Å². The van der Waals surface area contributed by atoms with Gasteiger partial charge in [0.15, 0.2) is 0 Å². The molecule has 1 aromatic carbocycles. The van der Waals surface area contributed by atoms with Gasteiger partial charge in [0.25, 0.3) is 0 Å². The van der Waals surface area contributed by atoms with Crippen LogP contribution in [0.1, 0.15) is 36.8 Å². The largest absolute Gasteiger partial charge is 0.459 e. The molecular weight excluding hydrogens is 360 g/mol. The molecule has 1 unspecified atom stereocenters. The standard InChI is InChI=1S/C22H23ClN2O2/c1-25-18-6-7-19(25)14-20(13-18)27-22(26)21(12-15-8-10-24-11-9-15)16-2-4-17(23)5-3-16/h2-5,8-12,18-20H,6-7,13-14H2,1H3/b21-12-/t18-,19+,20?. The van der Waals surface area contributed by atoms with Crippen molar-refractivity contribution in [2.45, 2.75) is 43.9 Å². The van der Waals surface area contributed by atoms with E-state index < -0.39 is 0 Å². The van der Waals surface area contributed by atoms with Crippen LogP contribution in [-0.4, -0.2) is 41.1 Å². The van der Waals surface area contributed by atoms with Gasteiger partial charge in [-0.25, -0.2) is 4.79 Å². The molecule has 0 radical (unpaired) electrons. The topological polar surface area (TPSA) is 42.4 Å². The Labute approximate surface area is 164 Å². The molecule has 140 valence electrons. The van der Waals surface area contributed by atoms with Crippen molar-refractivity contribution in [3.63, 3.8) is 0 Å². The smallest absolute Gasteiger partial charge is 0.339 e. The lowest BCUT2D eigenvalue weighted by atomic mass is 9.99. The van der Waals surface area contributed by atoms with Crippen molar-refractivity contribution in [2.75, 3.05) is 7.05 Å². The molecule has 27 heavy (non-hydrogen) atoms. The van der Waals surface area contributed by atoms with E-state index in [1.165, 1.54) is 12.8 Å². The quantitative estimate of drug-likeness (QED) is 0.579. The third kappa shape index (κ3) is 4.07. The number of benzene rings is 1. The summed E-state index contributed by atoms with van der Waals surface area (Å²) in [6.07, 6.45) is 9.51. The van der Waals surface area contributed by atoms with Gasteiger partial charge in [0, 0.05) is 42.3 Å². The van der Waals surface area contributed by atoms with Crippen LogP contribution in [0, 0.1) is 0 Å². The Morgan fingerprint density at radius 1 is 1.11 bits per heavy atom. The number of nitrogens with zero attached hydrogens (tertiary/aromatic N) is 2. The van der Waals surface area contributed by atoms with Crippen molar-refractivity contribution in [3.05, 3.63) is 64.9 Å². The maximum atomic E-state index is 13.1. The summed E-state index contributed by atoms with van der Waals surface area (Å²) in [7, 11) is 2.18. The number of halogens is 1. The predicted octanol–water partition coefficient (Wildman–Crippen LogP) is 4.44. The molecule has 4 rings (SSSR count). The Morgan fingerprint density at radius 2 is 1.74 bits per heavy atom. The number of carbonyl (C=O) groups is 1. The van der Waals surface area contributed by atoms with Crippen LogP contribution in [0.2, 0.25) is 5.02 Å². The van der Waals surface area contributed by atoms with Gasteiger partial charge in [0.05, 0.1) is 5.57 Å². The molecule has 2 aromatic rings. The molecule has 3 heterocycles. The summed E-state index contributed by atoms with van der Waals surface area (Å²) in [5.41, 5.74) is 2.26. The maximum Gasteiger partial charge on any atom is 0.339 e. The summed E-state index contributed by atoms with van der Waals surface area (Å²) in [5, 5.41) is 0.641. The number of pyridine rings is 1. The van der Waals surface area contributed by atoms with Crippen molar-refractivity contribution >= 4 is 29.2 Å². The minimum Gasteiger partial charge on any atom is -0.459 e. The Balaban J connectivity index is 1.57. The molecule has 4 nitrogen and oxygen atoms in total. The zero-order valence-corrected chi connectivity index (χ0v) is 16.1. The Morgan fingerprint density at radius 3 is 2.37 bits per heavy atom. The number of hydrogen-bond donors (Lipinski definition) is 0. The lowest BCUT2D eigenvalue weighted by Gasteiger charge is -2.35. The van der Waals surface area contributed by atoms with Crippen molar-refractivity contribution in [3.8, 4) is 0 Å². The Bertz CT molecular complexity index is 821. The first-order valence-electron chi connectivity index (χ1n) is 9.41. The SMILES string of the molecule is CN1[C@@H]2CC[C@H]1CC(OC(=O)/C(=C\c1ccncc1)c1ccc(Cl)cc1)C2. The van der Waals surface area contributed by atoms with Gasteiger partial charge < -0.3 is 9.64 Å². The molecule has 0 spiro atoms. The first-order chi connectivity index (χ1) is 13.1. The van der Waals surface area contributed by atoms with Crippen LogP contribution in [0.25, 0.3) is 11.6 Å². The van der Waals surface area contributed by atoms with Gasteiger partial charge in [-0.3, -0.25) is 4.98 Å². The highest BCUT2D eigenvalue weighted by molar-refractivity contribution is 6.30. The van der Waals surface area contributed by atoms with Gasteiger partial charge in [-0.15, -0.1) is 0 Å². The van der Waals surface area contributed by atoms with Crippen molar-refractivity contribution < 1.29 is 9.53 Å². The fourth-order valence-electron chi connectivity index (χ4n) is 4.19. The van der Waals surface area contributed by atoms with Gasteiger partial charge in [-0.05, 0) is 61.4 Å². The van der Waals surface area contributed by atoms with Gasteiger partial charge in [-0.1, -0.05) is 23.7 Å². The molecule has 2 aliphatic rings. The minimum absolute atomic E-state index is 0.0145. The van der Waals surface area contributed by atoms with Crippen LogP contribution >= 0.6 is 11.6 Å². The summed E-state index contributed by atoms with van der Waals surface area (Å²) in [5.74, 6) is -0.275. The van der Waals surface area contributed by atoms with E-state index in [0.29, 0.717) is 22.7 Å². The second-order valence-corrected chi connectivity index (χ2v) is 7.83. The minimum atomic E-state index is -0.275. The summed E-state index contributed by atoms with van der Waals surface area (Å²) >= 11 is 6.02.